The van der Waals surface area contributed by atoms with Crippen molar-refractivity contribution in [3.63, 3.8) is 0 Å². The minimum Gasteiger partial charge on any atom is -0.321 e. The van der Waals surface area contributed by atoms with Crippen LogP contribution in [0.5, 0.6) is 0 Å². The third-order valence-electron chi connectivity index (χ3n) is 1.62. The Kier molecular flexibility index (Phi) is 3.96. The van der Waals surface area contributed by atoms with Gasteiger partial charge in [-0.25, -0.2) is 0 Å². The summed E-state index contributed by atoms with van der Waals surface area (Å²) in [4.78, 5) is 0. The largest absolute Gasteiger partial charge is 0.321 e. The molecule has 1 unspecified atom stereocenters. The highest BCUT2D eigenvalue weighted by Gasteiger charge is 2.21. The summed E-state index contributed by atoms with van der Waals surface area (Å²) in [7, 11) is -1.14. The third kappa shape index (κ3) is 3.31. The number of benzene rings is 1. The molecule has 0 aliphatic rings. The van der Waals surface area contributed by atoms with Gasteiger partial charge in [0.05, 0.1) is 0 Å². The van der Waals surface area contributed by atoms with E-state index in [-0.39, 0.29) is 0 Å². The average molecular weight is 227 g/mol. The van der Waals surface area contributed by atoms with E-state index >= 15 is 0 Å². The van der Waals surface area contributed by atoms with Gasteiger partial charge in [0.2, 0.25) is 0 Å². The van der Waals surface area contributed by atoms with E-state index in [2.05, 4.69) is 5.92 Å². The minimum absolute atomic E-state index is 0.608. The van der Waals surface area contributed by atoms with Crippen LogP contribution in [0.3, 0.4) is 0 Å². The number of halogens is 1. The summed E-state index contributed by atoms with van der Waals surface area (Å²) in [5.41, 5.74) is -0.608. The Hall–Kier alpha value is -0.540. The fraction of sp³-hybridized carbons (Fsp3) is 0.273. The van der Waals surface area contributed by atoms with Gasteiger partial charge < -0.3 is 4.52 Å². The molecule has 0 amide bonds. The van der Waals surface area contributed by atoms with Gasteiger partial charge in [-0.3, -0.25) is 0 Å². The second-order valence-electron chi connectivity index (χ2n) is 3.33. The lowest BCUT2D eigenvalue weighted by molar-refractivity contribution is 0.203. The van der Waals surface area contributed by atoms with Crippen LogP contribution in [0.2, 0.25) is 0 Å². The van der Waals surface area contributed by atoms with Crippen molar-refractivity contribution in [2.45, 2.75) is 19.4 Å². The standard InChI is InChI=1S/C11H12ClOP/c1-4-11(2,3)13-14(12)10-8-6-5-7-9-10/h1,5-9H,2-3H3. The van der Waals surface area contributed by atoms with E-state index in [0.717, 1.165) is 5.30 Å². The summed E-state index contributed by atoms with van der Waals surface area (Å²) in [5, 5.41) is 0.979. The van der Waals surface area contributed by atoms with Crippen LogP contribution in [-0.2, 0) is 4.52 Å². The summed E-state index contributed by atoms with van der Waals surface area (Å²) in [6, 6.07) is 9.67. The van der Waals surface area contributed by atoms with E-state index in [1.807, 2.05) is 44.2 Å². The summed E-state index contributed by atoms with van der Waals surface area (Å²) in [6.45, 7) is 3.65. The second kappa shape index (κ2) is 4.80. The Morgan fingerprint density at radius 1 is 1.36 bits per heavy atom. The van der Waals surface area contributed by atoms with Gasteiger partial charge in [0.25, 0.3) is 0 Å². The van der Waals surface area contributed by atoms with Crippen LogP contribution in [0.1, 0.15) is 13.8 Å². The molecule has 0 saturated carbocycles. The van der Waals surface area contributed by atoms with E-state index in [0.29, 0.717) is 0 Å². The number of hydrogen-bond acceptors (Lipinski definition) is 1. The molecular weight excluding hydrogens is 215 g/mol. The monoisotopic (exact) mass is 226 g/mol. The quantitative estimate of drug-likeness (QED) is 0.568. The predicted molar refractivity (Wildman–Crippen MR) is 62.8 cm³/mol. The first-order chi connectivity index (χ1) is 6.55. The highest BCUT2D eigenvalue weighted by molar-refractivity contribution is 7.86. The van der Waals surface area contributed by atoms with Gasteiger partial charge in [-0.2, -0.15) is 0 Å². The Bertz CT molecular complexity index is 329. The van der Waals surface area contributed by atoms with Crippen molar-refractivity contribution in [2.75, 3.05) is 0 Å². The van der Waals surface area contributed by atoms with Gasteiger partial charge in [0, 0.05) is 5.30 Å². The fourth-order valence-electron chi connectivity index (χ4n) is 0.825. The molecule has 0 aliphatic carbocycles. The van der Waals surface area contributed by atoms with E-state index in [4.69, 9.17) is 22.2 Å². The van der Waals surface area contributed by atoms with Crippen LogP contribution < -0.4 is 5.30 Å². The van der Waals surface area contributed by atoms with Crippen molar-refractivity contribution in [2.24, 2.45) is 0 Å². The second-order valence-corrected chi connectivity index (χ2v) is 5.44. The van der Waals surface area contributed by atoms with E-state index in [1.54, 1.807) is 0 Å². The minimum atomic E-state index is -1.14. The van der Waals surface area contributed by atoms with Crippen LogP contribution in [-0.4, -0.2) is 5.60 Å². The SMILES string of the molecule is C#CC(C)(C)OP(Cl)c1ccccc1. The maximum absolute atomic E-state index is 6.12. The van der Waals surface area contributed by atoms with Crippen LogP contribution in [0.4, 0.5) is 0 Å². The molecule has 0 spiro atoms. The van der Waals surface area contributed by atoms with Crippen molar-refractivity contribution >= 4 is 24.0 Å². The molecule has 0 heterocycles. The molecule has 0 saturated heterocycles. The molecule has 1 rings (SSSR count). The molecule has 0 aliphatic heterocycles. The molecule has 0 fully saturated rings. The molecule has 1 nitrogen and oxygen atoms in total. The van der Waals surface area contributed by atoms with Crippen molar-refractivity contribution in [3.05, 3.63) is 30.3 Å². The van der Waals surface area contributed by atoms with Crippen molar-refractivity contribution in [1.82, 2.24) is 0 Å². The molecule has 0 aromatic heterocycles. The number of hydrogen-bond donors (Lipinski definition) is 0. The lowest BCUT2D eigenvalue weighted by Gasteiger charge is -2.21. The summed E-state index contributed by atoms with van der Waals surface area (Å²) in [6.07, 6.45) is 5.31. The van der Waals surface area contributed by atoms with Gasteiger partial charge in [0.15, 0.2) is 7.50 Å². The molecule has 3 heteroatoms. The van der Waals surface area contributed by atoms with Crippen molar-refractivity contribution < 1.29 is 4.52 Å². The smallest absolute Gasteiger partial charge is 0.158 e. The molecule has 1 aromatic carbocycles. The Morgan fingerprint density at radius 3 is 2.43 bits per heavy atom. The van der Waals surface area contributed by atoms with Gasteiger partial charge in [-0.15, -0.1) is 6.42 Å². The average Bonchev–Trinajstić information content (AvgIpc) is 2.19. The molecule has 0 bridgehead atoms. The molecule has 0 radical (unpaired) electrons. The van der Waals surface area contributed by atoms with Crippen LogP contribution in [0, 0.1) is 12.3 Å². The fourth-order valence-corrected chi connectivity index (χ4v) is 2.65. The molecule has 14 heavy (non-hydrogen) atoms. The first kappa shape index (κ1) is 11.5. The first-order valence-corrected chi connectivity index (χ1v) is 6.39. The predicted octanol–water partition coefficient (Wildman–Crippen LogP) is 3.29. The zero-order valence-electron chi connectivity index (χ0n) is 8.20. The molecular formula is C11H12ClOP. The first-order valence-electron chi connectivity index (χ1n) is 4.23. The Morgan fingerprint density at radius 2 is 1.93 bits per heavy atom. The van der Waals surface area contributed by atoms with Gasteiger partial charge in [-0.05, 0) is 13.8 Å². The highest BCUT2D eigenvalue weighted by Crippen LogP contribution is 2.44. The molecule has 1 atom stereocenters. The van der Waals surface area contributed by atoms with E-state index in [1.165, 1.54) is 0 Å². The zero-order valence-corrected chi connectivity index (χ0v) is 9.85. The summed E-state index contributed by atoms with van der Waals surface area (Å²) >= 11 is 6.12. The summed E-state index contributed by atoms with van der Waals surface area (Å²) in [5.74, 6) is 2.55. The topological polar surface area (TPSA) is 9.23 Å². The number of rotatable bonds is 3. The lowest BCUT2D eigenvalue weighted by atomic mass is 10.2. The Labute approximate surface area is 91.1 Å². The highest BCUT2D eigenvalue weighted by atomic mass is 35.7. The van der Waals surface area contributed by atoms with Crippen LogP contribution >= 0.6 is 18.7 Å². The molecule has 74 valence electrons. The normalized spacial score (nSPS) is 13.3. The third-order valence-corrected chi connectivity index (χ3v) is 3.73. The lowest BCUT2D eigenvalue weighted by Crippen LogP contribution is -2.20. The maximum Gasteiger partial charge on any atom is 0.158 e. The van der Waals surface area contributed by atoms with Crippen molar-refractivity contribution in [1.29, 1.82) is 0 Å². The van der Waals surface area contributed by atoms with Gasteiger partial charge >= 0.3 is 0 Å². The Balaban J connectivity index is 2.70. The number of terminal acetylenes is 1. The van der Waals surface area contributed by atoms with Crippen molar-refractivity contribution in [3.8, 4) is 12.3 Å². The molecule has 0 N–H and O–H groups in total. The maximum atomic E-state index is 6.12. The summed E-state index contributed by atoms with van der Waals surface area (Å²) < 4.78 is 5.57. The van der Waals surface area contributed by atoms with E-state index < -0.39 is 13.1 Å². The van der Waals surface area contributed by atoms with Crippen LogP contribution in [0.15, 0.2) is 30.3 Å². The molecule has 1 aromatic rings. The van der Waals surface area contributed by atoms with E-state index in [9.17, 15) is 0 Å². The zero-order chi connectivity index (χ0) is 10.6. The van der Waals surface area contributed by atoms with Crippen LogP contribution in [0.25, 0.3) is 0 Å². The van der Waals surface area contributed by atoms with Gasteiger partial charge in [0.1, 0.15) is 5.60 Å². The van der Waals surface area contributed by atoms with Gasteiger partial charge in [-0.1, -0.05) is 47.5 Å².